The van der Waals surface area contributed by atoms with E-state index in [9.17, 15) is 4.79 Å². The summed E-state index contributed by atoms with van der Waals surface area (Å²) in [5.74, 6) is 0.914. The molecule has 0 N–H and O–H groups in total. The molecule has 1 spiro atoms. The molecule has 74 valence electrons. The van der Waals surface area contributed by atoms with Gasteiger partial charge in [-0.05, 0) is 37.0 Å². The van der Waals surface area contributed by atoms with Crippen molar-refractivity contribution in [3.05, 3.63) is 0 Å². The number of ether oxygens (including phenoxy) is 1. The lowest BCUT2D eigenvalue weighted by atomic mass is 9.58. The molecule has 2 heteroatoms. The molecule has 13 heavy (non-hydrogen) atoms. The van der Waals surface area contributed by atoms with Crippen molar-refractivity contribution in [3.63, 3.8) is 0 Å². The van der Waals surface area contributed by atoms with Crippen molar-refractivity contribution in [1.29, 1.82) is 0 Å². The predicted octanol–water partition coefficient (Wildman–Crippen LogP) is 2.52. The zero-order valence-electron chi connectivity index (χ0n) is 8.29. The van der Waals surface area contributed by atoms with Crippen LogP contribution in [0.25, 0.3) is 0 Å². The van der Waals surface area contributed by atoms with Gasteiger partial charge in [-0.15, -0.1) is 0 Å². The summed E-state index contributed by atoms with van der Waals surface area (Å²) in [6.07, 6.45) is 7.93. The predicted molar refractivity (Wildman–Crippen MR) is 50.2 cm³/mol. The normalized spacial score (nSPS) is 44.1. The summed E-state index contributed by atoms with van der Waals surface area (Å²) in [5.41, 5.74) is 0.570. The molecule has 0 amide bonds. The minimum absolute atomic E-state index is 0.242. The van der Waals surface area contributed by atoms with Gasteiger partial charge < -0.3 is 4.74 Å². The zero-order valence-corrected chi connectivity index (χ0v) is 8.29. The van der Waals surface area contributed by atoms with Gasteiger partial charge in [-0.1, -0.05) is 19.8 Å². The molecular formula is C11H18O2. The average molecular weight is 182 g/mol. The summed E-state index contributed by atoms with van der Waals surface area (Å²) in [5, 5.41) is 0. The minimum Gasteiger partial charge on any atom is -0.465 e. The lowest BCUT2D eigenvalue weighted by molar-refractivity contribution is -0.148. The topological polar surface area (TPSA) is 26.3 Å². The van der Waals surface area contributed by atoms with Gasteiger partial charge in [0.1, 0.15) is 6.10 Å². The fourth-order valence-corrected chi connectivity index (χ4v) is 2.86. The highest BCUT2D eigenvalue weighted by Crippen LogP contribution is 2.53. The smallest absolute Gasteiger partial charge is 0.293 e. The number of carbonyl (C=O) groups is 1. The van der Waals surface area contributed by atoms with Crippen LogP contribution in [0.3, 0.4) is 0 Å². The highest BCUT2D eigenvalue weighted by Gasteiger charge is 2.46. The summed E-state index contributed by atoms with van der Waals surface area (Å²) < 4.78 is 4.95. The SMILES string of the molecule is CC1CCC2(CC1)CC(OC=O)C2. The fraction of sp³-hybridized carbons (Fsp3) is 0.909. The Kier molecular flexibility index (Phi) is 2.31. The lowest BCUT2D eigenvalue weighted by Gasteiger charge is -2.50. The molecule has 0 aromatic carbocycles. The molecule has 0 radical (unpaired) electrons. The van der Waals surface area contributed by atoms with E-state index in [-0.39, 0.29) is 6.10 Å². The molecule has 0 aliphatic heterocycles. The van der Waals surface area contributed by atoms with Crippen LogP contribution >= 0.6 is 0 Å². The van der Waals surface area contributed by atoms with E-state index in [1.54, 1.807) is 0 Å². The van der Waals surface area contributed by atoms with E-state index in [0.29, 0.717) is 11.9 Å². The van der Waals surface area contributed by atoms with Crippen LogP contribution in [0.1, 0.15) is 45.4 Å². The van der Waals surface area contributed by atoms with Crippen molar-refractivity contribution < 1.29 is 9.53 Å². The third-order valence-electron chi connectivity index (χ3n) is 3.90. The zero-order chi connectivity index (χ0) is 9.31. The van der Waals surface area contributed by atoms with Gasteiger partial charge in [-0.25, -0.2) is 0 Å². The molecule has 2 aliphatic rings. The Morgan fingerprint density at radius 3 is 2.46 bits per heavy atom. The van der Waals surface area contributed by atoms with Gasteiger partial charge in [0.2, 0.25) is 0 Å². The molecule has 2 fully saturated rings. The summed E-state index contributed by atoms with van der Waals surface area (Å²) in [6.45, 7) is 2.94. The maximum absolute atomic E-state index is 10.1. The maximum atomic E-state index is 10.1. The first-order valence-corrected chi connectivity index (χ1v) is 5.33. The Hall–Kier alpha value is -0.530. The van der Waals surface area contributed by atoms with E-state index >= 15 is 0 Å². The van der Waals surface area contributed by atoms with Crippen LogP contribution in [0.5, 0.6) is 0 Å². The van der Waals surface area contributed by atoms with Gasteiger partial charge in [-0.3, -0.25) is 4.79 Å². The lowest BCUT2D eigenvalue weighted by Crippen LogP contribution is -2.44. The van der Waals surface area contributed by atoms with Crippen molar-refractivity contribution in [2.75, 3.05) is 0 Å². The van der Waals surface area contributed by atoms with E-state index in [0.717, 1.165) is 18.8 Å². The first kappa shape index (κ1) is 9.04. The summed E-state index contributed by atoms with van der Waals surface area (Å²) in [7, 11) is 0. The second-order valence-corrected chi connectivity index (χ2v) is 4.95. The Bertz CT molecular complexity index is 184. The van der Waals surface area contributed by atoms with Gasteiger partial charge in [0.15, 0.2) is 0 Å². The van der Waals surface area contributed by atoms with Crippen LogP contribution in [0.4, 0.5) is 0 Å². The van der Waals surface area contributed by atoms with E-state index in [1.165, 1.54) is 25.7 Å². The molecule has 0 aromatic heterocycles. The number of hydrogen-bond acceptors (Lipinski definition) is 2. The van der Waals surface area contributed by atoms with E-state index in [4.69, 9.17) is 4.74 Å². The molecule has 0 unspecified atom stereocenters. The van der Waals surface area contributed by atoms with Crippen molar-refractivity contribution in [1.82, 2.24) is 0 Å². The van der Waals surface area contributed by atoms with Gasteiger partial charge in [0, 0.05) is 0 Å². The monoisotopic (exact) mass is 182 g/mol. The van der Waals surface area contributed by atoms with Crippen molar-refractivity contribution in [3.8, 4) is 0 Å². The van der Waals surface area contributed by atoms with Crippen molar-refractivity contribution >= 4 is 6.47 Å². The molecule has 2 saturated carbocycles. The Morgan fingerprint density at radius 2 is 1.92 bits per heavy atom. The van der Waals surface area contributed by atoms with Gasteiger partial charge >= 0.3 is 0 Å². The average Bonchev–Trinajstić information content (AvgIpc) is 2.07. The van der Waals surface area contributed by atoms with Gasteiger partial charge in [0.25, 0.3) is 6.47 Å². The Balaban J connectivity index is 1.79. The van der Waals surface area contributed by atoms with E-state index < -0.39 is 0 Å². The highest BCUT2D eigenvalue weighted by molar-refractivity contribution is 5.37. The van der Waals surface area contributed by atoms with Crippen LogP contribution in [0, 0.1) is 11.3 Å². The Morgan fingerprint density at radius 1 is 1.31 bits per heavy atom. The van der Waals surface area contributed by atoms with Crippen molar-refractivity contribution in [2.24, 2.45) is 11.3 Å². The molecule has 0 atom stereocenters. The minimum atomic E-state index is 0.242. The maximum Gasteiger partial charge on any atom is 0.293 e. The first-order valence-electron chi connectivity index (χ1n) is 5.33. The van der Waals surface area contributed by atoms with E-state index in [1.807, 2.05) is 0 Å². The Labute approximate surface area is 79.7 Å². The third kappa shape index (κ3) is 1.72. The van der Waals surface area contributed by atoms with Gasteiger partial charge in [0.05, 0.1) is 0 Å². The summed E-state index contributed by atoms with van der Waals surface area (Å²) in [6, 6.07) is 0. The molecule has 2 nitrogen and oxygen atoms in total. The largest absolute Gasteiger partial charge is 0.465 e. The standard InChI is InChI=1S/C11H18O2/c1-9-2-4-11(5-3-9)6-10(7-11)13-8-12/h8-10H,2-7H2,1H3. The van der Waals surface area contributed by atoms with Crippen LogP contribution < -0.4 is 0 Å². The quantitative estimate of drug-likeness (QED) is 0.613. The molecule has 0 heterocycles. The third-order valence-corrected chi connectivity index (χ3v) is 3.90. The molecule has 0 aromatic rings. The first-order chi connectivity index (χ1) is 6.24. The highest BCUT2D eigenvalue weighted by atomic mass is 16.5. The van der Waals surface area contributed by atoms with E-state index in [2.05, 4.69) is 6.92 Å². The molecular weight excluding hydrogens is 164 g/mol. The van der Waals surface area contributed by atoms with Crippen LogP contribution in [-0.2, 0) is 9.53 Å². The molecule has 0 saturated heterocycles. The van der Waals surface area contributed by atoms with Crippen LogP contribution in [0.2, 0.25) is 0 Å². The summed E-state index contributed by atoms with van der Waals surface area (Å²) >= 11 is 0. The van der Waals surface area contributed by atoms with Crippen LogP contribution in [0.15, 0.2) is 0 Å². The molecule has 2 aliphatic carbocycles. The second kappa shape index (κ2) is 3.32. The molecule has 2 rings (SSSR count). The summed E-state index contributed by atoms with van der Waals surface area (Å²) in [4.78, 5) is 10.1. The van der Waals surface area contributed by atoms with Crippen LogP contribution in [-0.4, -0.2) is 12.6 Å². The molecule has 0 bridgehead atoms. The fourth-order valence-electron chi connectivity index (χ4n) is 2.86. The number of carbonyl (C=O) groups excluding carboxylic acids is 1. The second-order valence-electron chi connectivity index (χ2n) is 4.95. The van der Waals surface area contributed by atoms with Crippen molar-refractivity contribution in [2.45, 2.75) is 51.6 Å². The van der Waals surface area contributed by atoms with Gasteiger partial charge in [-0.2, -0.15) is 0 Å². The number of hydrogen-bond donors (Lipinski definition) is 0. The number of rotatable bonds is 2.